The third-order valence-corrected chi connectivity index (χ3v) is 6.61. The van der Waals surface area contributed by atoms with Gasteiger partial charge in [0.05, 0.1) is 28.2 Å². The van der Waals surface area contributed by atoms with Gasteiger partial charge < -0.3 is 9.47 Å². The van der Waals surface area contributed by atoms with E-state index in [1.807, 2.05) is 0 Å². The van der Waals surface area contributed by atoms with Crippen molar-refractivity contribution in [2.24, 2.45) is 0 Å². The second kappa shape index (κ2) is 12.5. The fourth-order valence-corrected chi connectivity index (χ4v) is 4.37. The molecule has 3 aromatic rings. The summed E-state index contributed by atoms with van der Waals surface area (Å²) < 4.78 is 11.6. The minimum atomic E-state index is -0.942. The summed E-state index contributed by atoms with van der Waals surface area (Å²) in [4.78, 5) is 60.8. The number of nitro groups is 2. The van der Waals surface area contributed by atoms with Gasteiger partial charge in [-0.1, -0.05) is 23.7 Å². The molecule has 13 nitrogen and oxygen atoms in total. The molecule has 3 aromatic carbocycles. The number of carbonyl (C=O) groups is 3. The number of barbiturate groups is 1. The van der Waals surface area contributed by atoms with E-state index in [-0.39, 0.29) is 41.5 Å². The molecule has 0 atom stereocenters. The van der Waals surface area contributed by atoms with E-state index in [9.17, 15) is 34.6 Å². The van der Waals surface area contributed by atoms with E-state index in [1.54, 1.807) is 26.0 Å². The molecule has 4 amide bonds. The smallest absolute Gasteiger partial charge is 0.335 e. The van der Waals surface area contributed by atoms with E-state index in [2.05, 4.69) is 11.9 Å². The van der Waals surface area contributed by atoms with Crippen molar-refractivity contribution < 1.29 is 33.7 Å². The fraction of sp³-hybridized carbons (Fsp3) is 0.138. The van der Waals surface area contributed by atoms with Gasteiger partial charge in [-0.3, -0.25) is 35.1 Å². The SMILES string of the molecule is C=CCc1cc(/C=C2\C(=O)NC(=O)N(c3ccc(C)c(Cl)c3)C2=O)cc(OCC)c1Oc1ccc([N+](=O)[O-])cc1[N+](=O)[O-]. The summed E-state index contributed by atoms with van der Waals surface area (Å²) in [6, 6.07) is 9.58. The Morgan fingerprint density at radius 2 is 1.77 bits per heavy atom. The van der Waals surface area contributed by atoms with Crippen LogP contribution >= 0.6 is 11.6 Å². The number of rotatable bonds is 10. The zero-order chi connectivity index (χ0) is 31.4. The average molecular weight is 607 g/mol. The number of carbonyl (C=O) groups excluding carboxylic acids is 3. The molecule has 1 fully saturated rings. The van der Waals surface area contributed by atoms with Crippen LogP contribution in [-0.4, -0.2) is 34.3 Å². The molecule has 1 aliphatic heterocycles. The lowest BCUT2D eigenvalue weighted by atomic mass is 10.0. The summed E-state index contributed by atoms with van der Waals surface area (Å²) in [5, 5.41) is 25.3. The van der Waals surface area contributed by atoms with Gasteiger partial charge >= 0.3 is 11.7 Å². The highest BCUT2D eigenvalue weighted by atomic mass is 35.5. The second-order valence-electron chi connectivity index (χ2n) is 9.09. The molecule has 1 heterocycles. The maximum absolute atomic E-state index is 13.4. The predicted molar refractivity (Wildman–Crippen MR) is 157 cm³/mol. The van der Waals surface area contributed by atoms with Crippen LogP contribution in [0.15, 0.2) is 66.8 Å². The highest BCUT2D eigenvalue weighted by Crippen LogP contribution is 2.42. The number of nitrogens with zero attached hydrogens (tertiary/aromatic N) is 3. The summed E-state index contributed by atoms with van der Waals surface area (Å²) in [5.74, 6) is -1.93. The molecule has 0 radical (unpaired) electrons. The van der Waals surface area contributed by atoms with Crippen LogP contribution in [-0.2, 0) is 16.0 Å². The van der Waals surface area contributed by atoms with Crippen molar-refractivity contribution in [1.29, 1.82) is 0 Å². The van der Waals surface area contributed by atoms with Crippen LogP contribution in [0.5, 0.6) is 17.2 Å². The zero-order valence-electron chi connectivity index (χ0n) is 22.8. The Bertz CT molecular complexity index is 1740. The van der Waals surface area contributed by atoms with Crippen LogP contribution in [0.1, 0.15) is 23.6 Å². The normalized spacial score (nSPS) is 14.0. The standard InChI is InChI=1S/C29H23ClN4O9/c1-4-6-18-11-17(12-21-27(35)31-29(37)32(28(21)36)19-8-7-16(3)22(30)14-19)13-25(42-5-2)26(18)43-24-10-9-20(33(38)39)15-23(24)34(40)41/h4,7-15H,1,5-6H2,2-3H3,(H,31,35,37)/b21-12+. The summed E-state index contributed by atoms with van der Waals surface area (Å²) in [5.41, 5.74) is 0.103. The molecule has 1 N–H and O–H groups in total. The van der Waals surface area contributed by atoms with Gasteiger partial charge in [-0.25, -0.2) is 9.69 Å². The van der Waals surface area contributed by atoms with Crippen molar-refractivity contribution >= 4 is 52.6 Å². The summed E-state index contributed by atoms with van der Waals surface area (Å²) in [6.07, 6.45) is 2.96. The number of halogens is 1. The molecule has 0 bridgehead atoms. The van der Waals surface area contributed by atoms with E-state index in [4.69, 9.17) is 21.1 Å². The van der Waals surface area contributed by atoms with Crippen LogP contribution < -0.4 is 19.7 Å². The van der Waals surface area contributed by atoms with Crippen LogP contribution in [0, 0.1) is 27.2 Å². The Balaban J connectivity index is 1.81. The Morgan fingerprint density at radius 1 is 1.02 bits per heavy atom. The number of aryl methyl sites for hydroxylation is 1. The number of non-ortho nitro benzene ring substituents is 1. The maximum atomic E-state index is 13.4. The number of hydrogen-bond donors (Lipinski definition) is 1. The summed E-state index contributed by atoms with van der Waals surface area (Å²) in [7, 11) is 0. The largest absolute Gasteiger partial charge is 0.490 e. The predicted octanol–water partition coefficient (Wildman–Crippen LogP) is 6.05. The number of amides is 4. The number of benzene rings is 3. The lowest BCUT2D eigenvalue weighted by molar-refractivity contribution is -0.394. The van der Waals surface area contributed by atoms with Gasteiger partial charge in [0.1, 0.15) is 5.57 Å². The Morgan fingerprint density at radius 3 is 2.40 bits per heavy atom. The molecule has 4 rings (SSSR count). The van der Waals surface area contributed by atoms with Gasteiger partial charge in [0.15, 0.2) is 11.5 Å². The third-order valence-electron chi connectivity index (χ3n) is 6.21. The first-order chi connectivity index (χ1) is 20.4. The molecule has 0 spiro atoms. The number of imide groups is 2. The molecular formula is C29H23ClN4O9. The molecule has 43 heavy (non-hydrogen) atoms. The third kappa shape index (κ3) is 6.36. The minimum Gasteiger partial charge on any atom is -0.490 e. The number of hydrogen-bond acceptors (Lipinski definition) is 9. The molecule has 0 unspecified atom stereocenters. The first-order valence-corrected chi connectivity index (χ1v) is 13.0. The van der Waals surface area contributed by atoms with Crippen LogP contribution in [0.4, 0.5) is 21.9 Å². The summed E-state index contributed by atoms with van der Waals surface area (Å²) >= 11 is 6.19. The van der Waals surface area contributed by atoms with Gasteiger partial charge in [-0.15, -0.1) is 6.58 Å². The molecule has 0 aromatic heterocycles. The van der Waals surface area contributed by atoms with E-state index in [0.717, 1.165) is 28.7 Å². The number of ether oxygens (including phenoxy) is 2. The van der Waals surface area contributed by atoms with Crippen molar-refractivity contribution in [3.05, 3.63) is 109 Å². The first-order valence-electron chi connectivity index (χ1n) is 12.6. The number of anilines is 1. The topological polar surface area (TPSA) is 171 Å². The molecule has 1 saturated heterocycles. The first kappa shape index (κ1) is 30.4. The Kier molecular flexibility index (Phi) is 8.86. The quantitative estimate of drug-likeness (QED) is 0.0947. The number of urea groups is 1. The van der Waals surface area contributed by atoms with Gasteiger partial charge in [-0.05, 0) is 67.8 Å². The van der Waals surface area contributed by atoms with Crippen LogP contribution in [0.2, 0.25) is 5.02 Å². The number of nitro benzene ring substituents is 2. The lowest BCUT2D eigenvalue weighted by Gasteiger charge is -2.26. The molecule has 220 valence electrons. The van der Waals surface area contributed by atoms with Gasteiger partial charge in [0.25, 0.3) is 17.5 Å². The van der Waals surface area contributed by atoms with Crippen molar-refractivity contribution in [2.75, 3.05) is 11.5 Å². The van der Waals surface area contributed by atoms with Crippen molar-refractivity contribution in [3.8, 4) is 17.2 Å². The second-order valence-corrected chi connectivity index (χ2v) is 9.50. The van der Waals surface area contributed by atoms with Crippen LogP contribution in [0.25, 0.3) is 6.08 Å². The van der Waals surface area contributed by atoms with Gasteiger partial charge in [0.2, 0.25) is 5.75 Å². The monoisotopic (exact) mass is 606 g/mol. The zero-order valence-corrected chi connectivity index (χ0v) is 23.5. The van der Waals surface area contributed by atoms with Crippen molar-refractivity contribution in [1.82, 2.24) is 5.32 Å². The maximum Gasteiger partial charge on any atom is 0.335 e. The van der Waals surface area contributed by atoms with E-state index in [0.29, 0.717) is 16.1 Å². The minimum absolute atomic E-state index is 0.0615. The number of nitrogens with one attached hydrogen (secondary N) is 1. The lowest BCUT2D eigenvalue weighted by Crippen LogP contribution is -2.54. The molecule has 0 aliphatic carbocycles. The van der Waals surface area contributed by atoms with Crippen molar-refractivity contribution in [3.63, 3.8) is 0 Å². The Labute approximate surface area is 249 Å². The number of allylic oxidation sites excluding steroid dienone is 1. The highest BCUT2D eigenvalue weighted by Gasteiger charge is 2.37. The van der Waals surface area contributed by atoms with Gasteiger partial charge in [-0.2, -0.15) is 0 Å². The van der Waals surface area contributed by atoms with E-state index < -0.39 is 39.1 Å². The molecule has 1 aliphatic rings. The summed E-state index contributed by atoms with van der Waals surface area (Å²) in [6.45, 7) is 7.30. The van der Waals surface area contributed by atoms with Gasteiger partial charge in [0, 0.05) is 16.7 Å². The molecule has 14 heteroatoms. The highest BCUT2D eigenvalue weighted by molar-refractivity contribution is 6.39. The van der Waals surface area contributed by atoms with E-state index in [1.165, 1.54) is 30.4 Å². The molecular weight excluding hydrogens is 584 g/mol. The van der Waals surface area contributed by atoms with E-state index >= 15 is 0 Å². The average Bonchev–Trinajstić information content (AvgIpc) is 2.94. The van der Waals surface area contributed by atoms with Crippen molar-refractivity contribution in [2.45, 2.75) is 20.3 Å². The Hall–Kier alpha value is -5.56. The fourth-order valence-electron chi connectivity index (χ4n) is 4.19. The van der Waals surface area contributed by atoms with Crippen LogP contribution in [0.3, 0.4) is 0 Å². The molecule has 0 saturated carbocycles.